The molecule has 2 aliphatic rings. The lowest BCUT2D eigenvalue weighted by atomic mass is 10.1. The molecule has 1 fully saturated rings. The number of piperazine rings is 1. The van der Waals surface area contributed by atoms with Gasteiger partial charge in [0.15, 0.2) is 0 Å². The highest BCUT2D eigenvalue weighted by Crippen LogP contribution is 2.27. The van der Waals surface area contributed by atoms with Gasteiger partial charge in [-0.05, 0) is 30.3 Å². The first-order valence-electron chi connectivity index (χ1n) is 9.38. The standard InChI is InChI=1S/C21H19BrClN3O3/c22-14-5-6-15-16(13-14)21(29)26(20(15)28)8-7-19(27)25-11-9-24(10-12-25)18-4-2-1-3-17(18)23/h1-6,13H,7-12H2. The molecule has 29 heavy (non-hydrogen) atoms. The molecule has 0 bridgehead atoms. The molecule has 0 N–H and O–H groups in total. The summed E-state index contributed by atoms with van der Waals surface area (Å²) in [6.07, 6.45) is 0.124. The van der Waals surface area contributed by atoms with Gasteiger partial charge in [-0.2, -0.15) is 0 Å². The van der Waals surface area contributed by atoms with Crippen LogP contribution in [0, 0.1) is 0 Å². The normalized spacial score (nSPS) is 16.4. The minimum Gasteiger partial charge on any atom is -0.367 e. The third-order valence-corrected chi connectivity index (χ3v) is 6.12. The molecule has 2 aliphatic heterocycles. The van der Waals surface area contributed by atoms with Crippen LogP contribution in [0.1, 0.15) is 27.1 Å². The molecule has 0 atom stereocenters. The van der Waals surface area contributed by atoms with E-state index in [1.54, 1.807) is 23.1 Å². The Morgan fingerprint density at radius 1 is 0.966 bits per heavy atom. The van der Waals surface area contributed by atoms with E-state index in [1.807, 2.05) is 24.3 Å². The van der Waals surface area contributed by atoms with Gasteiger partial charge in [0, 0.05) is 43.6 Å². The van der Waals surface area contributed by atoms with Gasteiger partial charge in [-0.1, -0.05) is 39.7 Å². The molecule has 0 saturated carbocycles. The maximum Gasteiger partial charge on any atom is 0.261 e. The predicted octanol–water partition coefficient (Wildman–Crippen LogP) is 3.44. The van der Waals surface area contributed by atoms with E-state index in [9.17, 15) is 14.4 Å². The third kappa shape index (κ3) is 3.89. The van der Waals surface area contributed by atoms with Crippen LogP contribution in [-0.4, -0.2) is 60.2 Å². The highest BCUT2D eigenvalue weighted by molar-refractivity contribution is 9.10. The van der Waals surface area contributed by atoms with Crippen molar-refractivity contribution in [1.82, 2.24) is 9.80 Å². The Morgan fingerprint density at radius 2 is 1.66 bits per heavy atom. The van der Waals surface area contributed by atoms with Crippen molar-refractivity contribution in [2.45, 2.75) is 6.42 Å². The molecule has 3 amide bonds. The number of carbonyl (C=O) groups excluding carboxylic acids is 3. The van der Waals surface area contributed by atoms with E-state index in [1.165, 1.54) is 0 Å². The molecule has 2 heterocycles. The summed E-state index contributed by atoms with van der Waals surface area (Å²) in [5, 5.41) is 0.699. The Morgan fingerprint density at radius 3 is 2.38 bits per heavy atom. The lowest BCUT2D eigenvalue weighted by Gasteiger charge is -2.36. The summed E-state index contributed by atoms with van der Waals surface area (Å²) < 4.78 is 0.742. The molecule has 2 aromatic carbocycles. The van der Waals surface area contributed by atoms with Crippen LogP contribution in [0.3, 0.4) is 0 Å². The molecule has 0 radical (unpaired) electrons. The number of nitrogens with zero attached hydrogens (tertiary/aromatic N) is 3. The molecule has 0 spiro atoms. The summed E-state index contributed by atoms with van der Waals surface area (Å²) in [5.74, 6) is -0.738. The second-order valence-electron chi connectivity index (χ2n) is 7.02. The van der Waals surface area contributed by atoms with Crippen molar-refractivity contribution < 1.29 is 14.4 Å². The van der Waals surface area contributed by atoms with Crippen LogP contribution in [-0.2, 0) is 4.79 Å². The highest BCUT2D eigenvalue weighted by Gasteiger charge is 2.36. The van der Waals surface area contributed by atoms with E-state index >= 15 is 0 Å². The van der Waals surface area contributed by atoms with Gasteiger partial charge < -0.3 is 9.80 Å². The number of anilines is 1. The Bertz CT molecular complexity index is 989. The molecule has 0 aliphatic carbocycles. The number of fused-ring (bicyclic) bond motifs is 1. The Hall–Kier alpha value is -2.38. The Kier molecular flexibility index (Phi) is 5.61. The number of rotatable bonds is 4. The first-order chi connectivity index (χ1) is 14.0. The highest BCUT2D eigenvalue weighted by atomic mass is 79.9. The van der Waals surface area contributed by atoms with Crippen LogP contribution in [0.5, 0.6) is 0 Å². The molecule has 2 aromatic rings. The fraction of sp³-hybridized carbons (Fsp3) is 0.286. The number of hydrogen-bond acceptors (Lipinski definition) is 4. The average molecular weight is 477 g/mol. The fourth-order valence-corrected chi connectivity index (χ4v) is 4.35. The van der Waals surface area contributed by atoms with E-state index in [-0.39, 0.29) is 30.7 Å². The quantitative estimate of drug-likeness (QED) is 0.634. The van der Waals surface area contributed by atoms with Crippen LogP contribution in [0.15, 0.2) is 46.9 Å². The van der Waals surface area contributed by atoms with Crippen LogP contribution < -0.4 is 4.90 Å². The zero-order chi connectivity index (χ0) is 20.5. The largest absolute Gasteiger partial charge is 0.367 e. The number of hydrogen-bond donors (Lipinski definition) is 0. The van der Waals surface area contributed by atoms with E-state index in [0.29, 0.717) is 42.3 Å². The SMILES string of the molecule is O=C(CCN1C(=O)c2ccc(Br)cc2C1=O)N1CCN(c2ccccc2Cl)CC1. The summed E-state index contributed by atoms with van der Waals surface area (Å²) >= 11 is 9.58. The molecular weight excluding hydrogens is 458 g/mol. The van der Waals surface area contributed by atoms with Crippen molar-refractivity contribution in [2.75, 3.05) is 37.6 Å². The van der Waals surface area contributed by atoms with Crippen molar-refractivity contribution in [3.05, 3.63) is 63.1 Å². The minimum atomic E-state index is -0.345. The van der Waals surface area contributed by atoms with E-state index in [0.717, 1.165) is 15.1 Å². The zero-order valence-electron chi connectivity index (χ0n) is 15.6. The van der Waals surface area contributed by atoms with Gasteiger partial charge in [-0.25, -0.2) is 0 Å². The van der Waals surface area contributed by atoms with Crippen molar-refractivity contribution in [3.8, 4) is 0 Å². The first kappa shape index (κ1) is 19.9. The van der Waals surface area contributed by atoms with Crippen LogP contribution in [0.2, 0.25) is 5.02 Å². The number of imide groups is 1. The predicted molar refractivity (Wildman–Crippen MR) is 114 cm³/mol. The third-order valence-electron chi connectivity index (χ3n) is 5.31. The van der Waals surface area contributed by atoms with E-state index in [4.69, 9.17) is 11.6 Å². The van der Waals surface area contributed by atoms with Gasteiger partial charge >= 0.3 is 0 Å². The average Bonchev–Trinajstić information content (AvgIpc) is 2.96. The summed E-state index contributed by atoms with van der Waals surface area (Å²) in [4.78, 5) is 42.7. The Labute approximate surface area is 182 Å². The van der Waals surface area contributed by atoms with Crippen LogP contribution >= 0.6 is 27.5 Å². The second kappa shape index (κ2) is 8.16. The number of benzene rings is 2. The molecule has 6 nitrogen and oxygen atoms in total. The molecule has 1 saturated heterocycles. The zero-order valence-corrected chi connectivity index (χ0v) is 17.9. The van der Waals surface area contributed by atoms with Gasteiger partial charge in [0.1, 0.15) is 0 Å². The van der Waals surface area contributed by atoms with Crippen molar-refractivity contribution >= 4 is 50.9 Å². The summed E-state index contributed by atoms with van der Waals surface area (Å²) in [5.41, 5.74) is 1.74. The van der Waals surface area contributed by atoms with Gasteiger partial charge in [-0.15, -0.1) is 0 Å². The smallest absolute Gasteiger partial charge is 0.261 e. The number of halogens is 2. The van der Waals surface area contributed by atoms with Crippen LogP contribution in [0.25, 0.3) is 0 Å². The van der Waals surface area contributed by atoms with Gasteiger partial charge in [0.25, 0.3) is 11.8 Å². The van der Waals surface area contributed by atoms with Crippen molar-refractivity contribution in [3.63, 3.8) is 0 Å². The van der Waals surface area contributed by atoms with Gasteiger partial charge in [0.2, 0.25) is 5.91 Å². The number of carbonyl (C=O) groups is 3. The van der Waals surface area contributed by atoms with Gasteiger partial charge in [0.05, 0.1) is 21.8 Å². The topological polar surface area (TPSA) is 60.9 Å². The maximum atomic E-state index is 12.6. The molecule has 150 valence electrons. The molecular formula is C21H19BrClN3O3. The summed E-state index contributed by atoms with van der Waals surface area (Å²) in [7, 11) is 0. The number of para-hydroxylation sites is 1. The number of amides is 3. The fourth-order valence-electron chi connectivity index (χ4n) is 3.74. The molecule has 8 heteroatoms. The van der Waals surface area contributed by atoms with E-state index < -0.39 is 0 Å². The minimum absolute atomic E-state index is 0.0541. The van der Waals surface area contributed by atoms with Crippen molar-refractivity contribution in [1.29, 1.82) is 0 Å². The first-order valence-corrected chi connectivity index (χ1v) is 10.6. The monoisotopic (exact) mass is 475 g/mol. The summed E-state index contributed by atoms with van der Waals surface area (Å²) in [6, 6.07) is 12.7. The Balaban J connectivity index is 1.33. The molecule has 4 rings (SSSR count). The second-order valence-corrected chi connectivity index (χ2v) is 8.34. The van der Waals surface area contributed by atoms with Crippen molar-refractivity contribution in [2.24, 2.45) is 0 Å². The maximum absolute atomic E-state index is 12.6. The van der Waals surface area contributed by atoms with E-state index in [2.05, 4.69) is 20.8 Å². The molecule has 0 unspecified atom stereocenters. The van der Waals surface area contributed by atoms with Gasteiger partial charge in [-0.3, -0.25) is 19.3 Å². The lowest BCUT2D eigenvalue weighted by Crippen LogP contribution is -2.49. The lowest BCUT2D eigenvalue weighted by molar-refractivity contribution is -0.131. The summed E-state index contributed by atoms with van der Waals surface area (Å²) in [6.45, 7) is 2.64. The molecule has 0 aromatic heterocycles. The van der Waals surface area contributed by atoms with Crippen LogP contribution in [0.4, 0.5) is 5.69 Å².